The molecule has 0 aliphatic heterocycles. The Morgan fingerprint density at radius 1 is 0.941 bits per heavy atom. The van der Waals surface area contributed by atoms with Gasteiger partial charge in [0.1, 0.15) is 0 Å². The molecule has 1 aromatic rings. The molecule has 96 valence electrons. The summed E-state index contributed by atoms with van der Waals surface area (Å²) in [5, 5.41) is 0.541. The molecule has 0 atom stereocenters. The van der Waals surface area contributed by atoms with Crippen molar-refractivity contribution in [2.24, 2.45) is 0 Å². The lowest BCUT2D eigenvalue weighted by Gasteiger charge is -2.37. The highest BCUT2D eigenvalue weighted by molar-refractivity contribution is 6.80. The van der Waals surface area contributed by atoms with Crippen LogP contribution >= 0.6 is 0 Å². The van der Waals surface area contributed by atoms with Crippen LogP contribution < -0.4 is 0 Å². The zero-order valence-electron chi connectivity index (χ0n) is 12.2. The zero-order valence-corrected chi connectivity index (χ0v) is 13.2. The topological polar surface area (TPSA) is 0 Å². The minimum atomic E-state index is -1.04. The standard InChI is InChI=1S/C16H28Si/c1-16(2,3)17(4,5)14-10-9-13-15-11-7-6-8-12-15/h6-8,11-12H,9-10,13-14H2,1-5H3. The molecule has 0 heterocycles. The summed E-state index contributed by atoms with van der Waals surface area (Å²) in [4.78, 5) is 0. The van der Waals surface area contributed by atoms with E-state index in [1.807, 2.05) is 0 Å². The Kier molecular flexibility index (Phi) is 5.00. The normalized spacial score (nSPS) is 12.8. The van der Waals surface area contributed by atoms with E-state index in [0.717, 1.165) is 0 Å². The molecule has 0 radical (unpaired) electrons. The van der Waals surface area contributed by atoms with Gasteiger partial charge in [0.2, 0.25) is 0 Å². The Labute approximate surface area is 108 Å². The van der Waals surface area contributed by atoms with Crippen molar-refractivity contribution < 1.29 is 0 Å². The number of hydrogen-bond donors (Lipinski definition) is 0. The lowest BCUT2D eigenvalue weighted by molar-refractivity contribution is 0.693. The van der Waals surface area contributed by atoms with E-state index < -0.39 is 8.07 Å². The van der Waals surface area contributed by atoms with Gasteiger partial charge in [0, 0.05) is 0 Å². The number of benzene rings is 1. The van der Waals surface area contributed by atoms with Gasteiger partial charge in [0.05, 0.1) is 8.07 Å². The van der Waals surface area contributed by atoms with E-state index in [9.17, 15) is 0 Å². The molecule has 0 aromatic heterocycles. The van der Waals surface area contributed by atoms with Crippen molar-refractivity contribution in [1.82, 2.24) is 0 Å². The second-order valence-corrected chi connectivity index (χ2v) is 12.6. The molecule has 0 N–H and O–H groups in total. The van der Waals surface area contributed by atoms with Crippen LogP contribution in [-0.4, -0.2) is 8.07 Å². The van der Waals surface area contributed by atoms with Gasteiger partial charge in [0.25, 0.3) is 0 Å². The number of rotatable bonds is 5. The molecule has 0 aliphatic carbocycles. The monoisotopic (exact) mass is 248 g/mol. The van der Waals surface area contributed by atoms with Crippen molar-refractivity contribution >= 4 is 8.07 Å². The first kappa shape index (κ1) is 14.5. The first-order valence-corrected chi connectivity index (χ1v) is 10.1. The van der Waals surface area contributed by atoms with E-state index in [2.05, 4.69) is 64.2 Å². The van der Waals surface area contributed by atoms with Crippen LogP contribution in [0.5, 0.6) is 0 Å². The predicted molar refractivity (Wildman–Crippen MR) is 81.4 cm³/mol. The van der Waals surface area contributed by atoms with Gasteiger partial charge in [-0.2, -0.15) is 0 Å². The highest BCUT2D eigenvalue weighted by Gasteiger charge is 2.33. The number of aryl methyl sites for hydroxylation is 1. The van der Waals surface area contributed by atoms with Crippen LogP contribution in [0.4, 0.5) is 0 Å². The zero-order chi connectivity index (χ0) is 12.9. The average molecular weight is 248 g/mol. The third-order valence-electron chi connectivity index (χ3n) is 4.39. The van der Waals surface area contributed by atoms with Crippen LogP contribution in [0.25, 0.3) is 0 Å². The Balaban J connectivity index is 2.30. The van der Waals surface area contributed by atoms with Gasteiger partial charge < -0.3 is 0 Å². The molecule has 0 bridgehead atoms. The van der Waals surface area contributed by atoms with Crippen molar-refractivity contribution in [3.63, 3.8) is 0 Å². The fraction of sp³-hybridized carbons (Fsp3) is 0.625. The summed E-state index contributed by atoms with van der Waals surface area (Å²) in [6, 6.07) is 12.3. The fourth-order valence-electron chi connectivity index (χ4n) is 1.92. The van der Waals surface area contributed by atoms with Crippen LogP contribution in [0.15, 0.2) is 30.3 Å². The molecule has 0 saturated heterocycles. The smallest absolute Gasteiger partial charge is 0.0527 e. The van der Waals surface area contributed by atoms with Gasteiger partial charge in [-0.3, -0.25) is 0 Å². The lowest BCUT2D eigenvalue weighted by Crippen LogP contribution is -2.36. The van der Waals surface area contributed by atoms with Crippen molar-refractivity contribution in [3.05, 3.63) is 35.9 Å². The van der Waals surface area contributed by atoms with Gasteiger partial charge in [-0.05, 0) is 23.4 Å². The van der Waals surface area contributed by atoms with E-state index in [1.165, 1.54) is 30.9 Å². The van der Waals surface area contributed by atoms with Gasteiger partial charge in [-0.15, -0.1) is 0 Å². The van der Waals surface area contributed by atoms with E-state index in [0.29, 0.717) is 5.04 Å². The first-order chi connectivity index (χ1) is 7.83. The summed E-state index contributed by atoms with van der Waals surface area (Å²) in [5.41, 5.74) is 1.49. The highest BCUT2D eigenvalue weighted by Crippen LogP contribution is 2.39. The molecule has 0 spiro atoms. The van der Waals surface area contributed by atoms with Crippen LogP contribution in [0.3, 0.4) is 0 Å². The molecule has 0 unspecified atom stereocenters. The van der Waals surface area contributed by atoms with Crippen LogP contribution in [-0.2, 0) is 6.42 Å². The SMILES string of the molecule is CC(C)(C)[Si](C)(C)CCCCc1ccccc1. The molecule has 0 aliphatic rings. The molecule has 17 heavy (non-hydrogen) atoms. The van der Waals surface area contributed by atoms with Gasteiger partial charge in [-0.1, -0.05) is 76.7 Å². The van der Waals surface area contributed by atoms with Crippen LogP contribution in [0, 0.1) is 0 Å². The molecule has 1 rings (SSSR count). The van der Waals surface area contributed by atoms with E-state index in [-0.39, 0.29) is 0 Å². The Hall–Kier alpha value is -0.563. The van der Waals surface area contributed by atoms with Gasteiger partial charge >= 0.3 is 0 Å². The largest absolute Gasteiger partial charge is 0.0690 e. The molecule has 0 fully saturated rings. The molecule has 1 aromatic carbocycles. The molecule has 0 nitrogen and oxygen atoms in total. The van der Waals surface area contributed by atoms with Crippen LogP contribution in [0.2, 0.25) is 24.2 Å². The minimum absolute atomic E-state index is 0.541. The van der Waals surface area contributed by atoms with Crippen molar-refractivity contribution in [1.29, 1.82) is 0 Å². The second kappa shape index (κ2) is 5.86. The summed E-state index contributed by atoms with van der Waals surface area (Å²) >= 11 is 0. The minimum Gasteiger partial charge on any atom is -0.0690 e. The summed E-state index contributed by atoms with van der Waals surface area (Å²) < 4.78 is 0. The van der Waals surface area contributed by atoms with Crippen molar-refractivity contribution in [2.45, 2.75) is 64.2 Å². The summed E-state index contributed by atoms with van der Waals surface area (Å²) in [7, 11) is -1.04. The molecule has 1 heteroatoms. The predicted octanol–water partition coefficient (Wildman–Crippen LogP) is 5.52. The van der Waals surface area contributed by atoms with E-state index >= 15 is 0 Å². The Bertz CT molecular complexity index is 319. The third-order valence-corrected chi connectivity index (χ3v) is 10.1. The quantitative estimate of drug-likeness (QED) is 0.475. The number of hydrogen-bond acceptors (Lipinski definition) is 0. The fourth-order valence-corrected chi connectivity index (χ4v) is 3.80. The average Bonchev–Trinajstić information content (AvgIpc) is 2.24. The second-order valence-electron chi connectivity index (χ2n) is 6.83. The highest BCUT2D eigenvalue weighted by atomic mass is 28.3. The van der Waals surface area contributed by atoms with E-state index in [4.69, 9.17) is 0 Å². The Morgan fingerprint density at radius 2 is 1.53 bits per heavy atom. The maximum Gasteiger partial charge on any atom is 0.0527 e. The Morgan fingerprint density at radius 3 is 2.06 bits per heavy atom. The maximum absolute atomic E-state index is 2.54. The lowest BCUT2D eigenvalue weighted by atomic mass is 10.1. The van der Waals surface area contributed by atoms with Gasteiger partial charge in [0.15, 0.2) is 0 Å². The van der Waals surface area contributed by atoms with Crippen molar-refractivity contribution in [2.75, 3.05) is 0 Å². The molecular weight excluding hydrogens is 220 g/mol. The molecular formula is C16H28Si. The summed E-state index contributed by atoms with van der Waals surface area (Å²) in [6.07, 6.45) is 3.98. The van der Waals surface area contributed by atoms with Crippen molar-refractivity contribution in [3.8, 4) is 0 Å². The summed E-state index contributed by atoms with van der Waals surface area (Å²) in [6.45, 7) is 12.3. The summed E-state index contributed by atoms with van der Waals surface area (Å²) in [5.74, 6) is 0. The number of unbranched alkanes of at least 4 members (excludes halogenated alkanes) is 1. The third kappa shape index (κ3) is 4.67. The van der Waals surface area contributed by atoms with Crippen LogP contribution in [0.1, 0.15) is 39.2 Å². The molecule has 0 amide bonds. The van der Waals surface area contributed by atoms with Gasteiger partial charge in [-0.25, -0.2) is 0 Å². The maximum atomic E-state index is 2.54. The first-order valence-electron chi connectivity index (χ1n) is 6.87. The van der Waals surface area contributed by atoms with E-state index in [1.54, 1.807) is 0 Å². The molecule has 0 saturated carbocycles.